The standard InChI is InChI=1S/C17H24N2O4/c1-12(2)6-7-18-17(21)11-19(13(3)20)14-4-5-15-16(10-14)23-9-8-22-15/h4-5,10,12H,6-9,11H2,1-3H3,(H,18,21). The Morgan fingerprint density at radius 3 is 2.57 bits per heavy atom. The molecule has 0 unspecified atom stereocenters. The fourth-order valence-corrected chi connectivity index (χ4v) is 2.28. The van der Waals surface area contributed by atoms with Crippen LogP contribution in [-0.2, 0) is 9.59 Å². The summed E-state index contributed by atoms with van der Waals surface area (Å²) in [5.74, 6) is 1.42. The lowest BCUT2D eigenvalue weighted by atomic mass is 10.1. The molecule has 0 aliphatic carbocycles. The topological polar surface area (TPSA) is 67.9 Å². The van der Waals surface area contributed by atoms with Gasteiger partial charge in [-0.2, -0.15) is 0 Å². The lowest BCUT2D eigenvalue weighted by molar-refractivity contribution is -0.123. The molecule has 0 saturated heterocycles. The van der Waals surface area contributed by atoms with Gasteiger partial charge in [-0.1, -0.05) is 13.8 Å². The zero-order valence-corrected chi connectivity index (χ0v) is 13.9. The number of rotatable bonds is 6. The van der Waals surface area contributed by atoms with Crippen LogP contribution in [0.5, 0.6) is 11.5 Å². The van der Waals surface area contributed by atoms with E-state index < -0.39 is 0 Å². The van der Waals surface area contributed by atoms with E-state index in [2.05, 4.69) is 19.2 Å². The molecule has 0 bridgehead atoms. The van der Waals surface area contributed by atoms with E-state index in [1.165, 1.54) is 11.8 Å². The molecule has 0 radical (unpaired) electrons. The molecule has 23 heavy (non-hydrogen) atoms. The first kappa shape index (κ1) is 17.1. The van der Waals surface area contributed by atoms with Gasteiger partial charge in [0.25, 0.3) is 0 Å². The third kappa shape index (κ3) is 4.87. The van der Waals surface area contributed by atoms with E-state index in [-0.39, 0.29) is 18.4 Å². The number of ether oxygens (including phenoxy) is 2. The molecule has 6 nitrogen and oxygen atoms in total. The van der Waals surface area contributed by atoms with Crippen molar-refractivity contribution in [2.45, 2.75) is 27.2 Å². The number of carbonyl (C=O) groups excluding carboxylic acids is 2. The van der Waals surface area contributed by atoms with E-state index in [0.29, 0.717) is 42.9 Å². The van der Waals surface area contributed by atoms with Gasteiger partial charge in [-0.15, -0.1) is 0 Å². The Morgan fingerprint density at radius 1 is 1.22 bits per heavy atom. The summed E-state index contributed by atoms with van der Waals surface area (Å²) in [5.41, 5.74) is 0.626. The van der Waals surface area contributed by atoms with Crippen molar-refractivity contribution in [3.8, 4) is 11.5 Å². The van der Waals surface area contributed by atoms with Crippen LogP contribution in [0.1, 0.15) is 27.2 Å². The van der Waals surface area contributed by atoms with Crippen LogP contribution in [0.25, 0.3) is 0 Å². The Morgan fingerprint density at radius 2 is 1.91 bits per heavy atom. The molecule has 1 aliphatic heterocycles. The first-order valence-electron chi connectivity index (χ1n) is 7.92. The van der Waals surface area contributed by atoms with Crippen LogP contribution in [0.3, 0.4) is 0 Å². The molecule has 0 fully saturated rings. The average Bonchev–Trinajstić information content (AvgIpc) is 2.51. The molecule has 0 saturated carbocycles. The SMILES string of the molecule is CC(=O)N(CC(=O)NCCC(C)C)c1ccc2c(c1)OCCO2. The zero-order valence-electron chi connectivity index (χ0n) is 13.9. The van der Waals surface area contributed by atoms with Crippen molar-refractivity contribution >= 4 is 17.5 Å². The highest BCUT2D eigenvalue weighted by Gasteiger charge is 2.19. The van der Waals surface area contributed by atoms with Crippen molar-refractivity contribution in [1.82, 2.24) is 5.32 Å². The smallest absolute Gasteiger partial charge is 0.240 e. The van der Waals surface area contributed by atoms with Crippen LogP contribution in [0.15, 0.2) is 18.2 Å². The van der Waals surface area contributed by atoms with Crippen LogP contribution < -0.4 is 19.7 Å². The van der Waals surface area contributed by atoms with Crippen LogP contribution in [-0.4, -0.2) is 38.1 Å². The fourth-order valence-electron chi connectivity index (χ4n) is 2.28. The van der Waals surface area contributed by atoms with E-state index in [1.807, 2.05) is 0 Å². The maximum absolute atomic E-state index is 12.0. The van der Waals surface area contributed by atoms with Gasteiger partial charge in [0.1, 0.15) is 19.8 Å². The number of fused-ring (bicyclic) bond motifs is 1. The summed E-state index contributed by atoms with van der Waals surface area (Å²) in [6.45, 7) is 7.24. The first-order chi connectivity index (χ1) is 11.0. The van der Waals surface area contributed by atoms with E-state index in [1.54, 1.807) is 18.2 Å². The molecule has 1 heterocycles. The van der Waals surface area contributed by atoms with Gasteiger partial charge >= 0.3 is 0 Å². The second kappa shape index (κ2) is 7.85. The fraction of sp³-hybridized carbons (Fsp3) is 0.529. The van der Waals surface area contributed by atoms with Gasteiger partial charge in [-0.3, -0.25) is 9.59 Å². The Balaban J connectivity index is 2.03. The van der Waals surface area contributed by atoms with Gasteiger partial charge in [0, 0.05) is 25.2 Å². The van der Waals surface area contributed by atoms with Gasteiger partial charge in [0.05, 0.1) is 0 Å². The van der Waals surface area contributed by atoms with Crippen molar-refractivity contribution in [2.75, 3.05) is 31.2 Å². The Labute approximate surface area is 136 Å². The normalized spacial score (nSPS) is 12.9. The van der Waals surface area contributed by atoms with E-state index in [4.69, 9.17) is 9.47 Å². The summed E-state index contributed by atoms with van der Waals surface area (Å²) in [6, 6.07) is 5.25. The monoisotopic (exact) mass is 320 g/mol. The van der Waals surface area contributed by atoms with Crippen molar-refractivity contribution in [3.63, 3.8) is 0 Å². The summed E-state index contributed by atoms with van der Waals surface area (Å²) < 4.78 is 11.0. The number of benzene rings is 1. The molecule has 1 aromatic rings. The summed E-state index contributed by atoms with van der Waals surface area (Å²) in [4.78, 5) is 25.4. The molecule has 0 aromatic heterocycles. The molecule has 2 rings (SSSR count). The highest BCUT2D eigenvalue weighted by molar-refractivity contribution is 5.97. The second-order valence-electron chi connectivity index (χ2n) is 5.97. The van der Waals surface area contributed by atoms with Crippen LogP contribution in [0.2, 0.25) is 0 Å². The number of amides is 2. The summed E-state index contributed by atoms with van der Waals surface area (Å²) >= 11 is 0. The van der Waals surface area contributed by atoms with Crippen LogP contribution >= 0.6 is 0 Å². The molecule has 6 heteroatoms. The largest absolute Gasteiger partial charge is 0.486 e. The highest BCUT2D eigenvalue weighted by atomic mass is 16.6. The lowest BCUT2D eigenvalue weighted by Gasteiger charge is -2.24. The predicted octanol–water partition coefficient (Wildman–Crippen LogP) is 1.97. The lowest BCUT2D eigenvalue weighted by Crippen LogP contribution is -2.40. The highest BCUT2D eigenvalue weighted by Crippen LogP contribution is 2.33. The van der Waals surface area contributed by atoms with E-state index in [0.717, 1.165) is 6.42 Å². The molecule has 2 amide bonds. The summed E-state index contributed by atoms with van der Waals surface area (Å²) in [7, 11) is 0. The maximum atomic E-state index is 12.0. The minimum Gasteiger partial charge on any atom is -0.486 e. The predicted molar refractivity (Wildman–Crippen MR) is 87.9 cm³/mol. The van der Waals surface area contributed by atoms with Crippen molar-refractivity contribution in [2.24, 2.45) is 5.92 Å². The Bertz CT molecular complexity index is 572. The van der Waals surface area contributed by atoms with Crippen molar-refractivity contribution in [1.29, 1.82) is 0 Å². The number of nitrogens with one attached hydrogen (secondary N) is 1. The Kier molecular flexibility index (Phi) is 5.84. The number of hydrogen-bond donors (Lipinski definition) is 1. The average molecular weight is 320 g/mol. The van der Waals surface area contributed by atoms with Gasteiger partial charge < -0.3 is 19.7 Å². The maximum Gasteiger partial charge on any atom is 0.240 e. The van der Waals surface area contributed by atoms with Crippen LogP contribution in [0.4, 0.5) is 5.69 Å². The Hall–Kier alpha value is -2.24. The number of nitrogens with zero attached hydrogens (tertiary/aromatic N) is 1. The summed E-state index contributed by atoms with van der Waals surface area (Å²) in [6.07, 6.45) is 0.913. The number of carbonyl (C=O) groups is 2. The molecule has 0 spiro atoms. The molecule has 126 valence electrons. The van der Waals surface area contributed by atoms with Gasteiger partial charge in [0.15, 0.2) is 11.5 Å². The molecular formula is C17H24N2O4. The molecule has 1 N–H and O–H groups in total. The van der Waals surface area contributed by atoms with Gasteiger partial charge in [0.2, 0.25) is 11.8 Å². The molecular weight excluding hydrogens is 296 g/mol. The number of hydrogen-bond acceptors (Lipinski definition) is 4. The molecule has 0 atom stereocenters. The minimum absolute atomic E-state index is 0.00687. The third-order valence-electron chi connectivity index (χ3n) is 3.56. The minimum atomic E-state index is -0.194. The van der Waals surface area contributed by atoms with Gasteiger partial charge in [-0.25, -0.2) is 0 Å². The van der Waals surface area contributed by atoms with Crippen LogP contribution in [0, 0.1) is 5.92 Å². The quantitative estimate of drug-likeness (QED) is 0.870. The van der Waals surface area contributed by atoms with E-state index in [9.17, 15) is 9.59 Å². The third-order valence-corrected chi connectivity index (χ3v) is 3.56. The molecule has 1 aromatic carbocycles. The second-order valence-corrected chi connectivity index (χ2v) is 5.97. The first-order valence-corrected chi connectivity index (χ1v) is 7.92. The van der Waals surface area contributed by atoms with E-state index >= 15 is 0 Å². The number of anilines is 1. The zero-order chi connectivity index (χ0) is 16.8. The summed E-state index contributed by atoms with van der Waals surface area (Å²) in [5, 5.41) is 2.84. The van der Waals surface area contributed by atoms with Crippen molar-refractivity contribution in [3.05, 3.63) is 18.2 Å². The molecule has 1 aliphatic rings. The van der Waals surface area contributed by atoms with Gasteiger partial charge in [-0.05, 0) is 24.5 Å². The van der Waals surface area contributed by atoms with Crippen molar-refractivity contribution < 1.29 is 19.1 Å².